The van der Waals surface area contributed by atoms with E-state index in [1.54, 1.807) is 6.92 Å². The Morgan fingerprint density at radius 2 is 1.44 bits per heavy atom. The van der Waals surface area contributed by atoms with Crippen LogP contribution in [-0.2, 0) is 4.79 Å². The predicted molar refractivity (Wildman–Crippen MR) is 73.5 cm³/mol. The number of carbonyl (C=O) groups excluding carboxylic acids is 1. The van der Waals surface area contributed by atoms with Gasteiger partial charge in [0.1, 0.15) is 0 Å². The maximum Gasteiger partial charge on any atom is 0.219 e. The summed E-state index contributed by atoms with van der Waals surface area (Å²) in [5.74, 6) is 1.14. The maximum atomic E-state index is 11.2. The second-order valence-electron chi connectivity index (χ2n) is 5.87. The smallest absolute Gasteiger partial charge is 0.219 e. The van der Waals surface area contributed by atoms with Crippen LogP contribution in [0.1, 0.15) is 26.7 Å². The topological polar surface area (TPSA) is 26.8 Å². The molecule has 4 nitrogen and oxygen atoms in total. The summed E-state index contributed by atoms with van der Waals surface area (Å²) in [5.41, 5.74) is 0. The van der Waals surface area contributed by atoms with Crippen LogP contribution in [0.15, 0.2) is 0 Å². The lowest BCUT2D eigenvalue weighted by molar-refractivity contribution is -0.130. The van der Waals surface area contributed by atoms with Gasteiger partial charge in [-0.15, -0.1) is 0 Å². The normalized spacial score (nSPS) is 24.4. The highest BCUT2D eigenvalue weighted by molar-refractivity contribution is 5.73. The first-order valence-electron chi connectivity index (χ1n) is 7.35. The zero-order valence-corrected chi connectivity index (χ0v) is 11.9. The standard InChI is InChI=1S/C14H27N3O/c1-13-3-5-15(6-4-13)7-8-16-9-11-17(12-10-16)14(2)18/h13H,3-12H2,1-2H3. The minimum Gasteiger partial charge on any atom is -0.340 e. The Bertz CT molecular complexity index is 266. The van der Waals surface area contributed by atoms with Gasteiger partial charge in [0.2, 0.25) is 5.91 Å². The van der Waals surface area contributed by atoms with Crippen molar-refractivity contribution in [3.05, 3.63) is 0 Å². The highest BCUT2D eigenvalue weighted by Gasteiger charge is 2.20. The number of piperazine rings is 1. The van der Waals surface area contributed by atoms with Crippen LogP contribution < -0.4 is 0 Å². The van der Waals surface area contributed by atoms with Crippen molar-refractivity contribution in [3.63, 3.8) is 0 Å². The Hall–Kier alpha value is -0.610. The summed E-state index contributed by atoms with van der Waals surface area (Å²) < 4.78 is 0. The van der Waals surface area contributed by atoms with Gasteiger partial charge in [-0.3, -0.25) is 9.69 Å². The molecular formula is C14H27N3O. The molecule has 0 radical (unpaired) electrons. The summed E-state index contributed by atoms with van der Waals surface area (Å²) in [6.07, 6.45) is 2.72. The Balaban J connectivity index is 1.62. The highest BCUT2D eigenvalue weighted by atomic mass is 16.2. The third-order valence-electron chi connectivity index (χ3n) is 4.43. The first-order valence-corrected chi connectivity index (χ1v) is 7.35. The Labute approximate surface area is 111 Å². The molecule has 2 aliphatic heterocycles. The zero-order valence-electron chi connectivity index (χ0n) is 11.9. The van der Waals surface area contributed by atoms with Crippen LogP contribution in [0.4, 0.5) is 0 Å². The number of nitrogens with zero attached hydrogens (tertiary/aromatic N) is 3. The molecule has 104 valence electrons. The average Bonchev–Trinajstić information content (AvgIpc) is 2.38. The van der Waals surface area contributed by atoms with Gasteiger partial charge >= 0.3 is 0 Å². The molecule has 2 saturated heterocycles. The number of hydrogen-bond acceptors (Lipinski definition) is 3. The largest absolute Gasteiger partial charge is 0.340 e. The van der Waals surface area contributed by atoms with Gasteiger partial charge in [0.05, 0.1) is 0 Å². The molecule has 0 atom stereocenters. The predicted octanol–water partition coefficient (Wildman–Crippen LogP) is 0.882. The highest BCUT2D eigenvalue weighted by Crippen LogP contribution is 2.15. The van der Waals surface area contributed by atoms with Gasteiger partial charge in [0.15, 0.2) is 0 Å². The molecule has 18 heavy (non-hydrogen) atoms. The zero-order chi connectivity index (χ0) is 13.0. The van der Waals surface area contributed by atoms with E-state index in [4.69, 9.17) is 0 Å². The first-order chi connectivity index (χ1) is 8.65. The molecule has 0 N–H and O–H groups in total. The summed E-state index contributed by atoms with van der Waals surface area (Å²) in [5, 5.41) is 0. The van der Waals surface area contributed by atoms with Crippen LogP contribution in [0, 0.1) is 5.92 Å². The SMILES string of the molecule is CC(=O)N1CCN(CCN2CCC(C)CC2)CC1. The lowest BCUT2D eigenvalue weighted by atomic mass is 9.99. The van der Waals surface area contributed by atoms with Crippen molar-refractivity contribution in [2.75, 3.05) is 52.4 Å². The van der Waals surface area contributed by atoms with Crippen molar-refractivity contribution in [3.8, 4) is 0 Å². The van der Waals surface area contributed by atoms with Crippen molar-refractivity contribution in [1.29, 1.82) is 0 Å². The molecule has 0 aromatic rings. The Kier molecular flexibility index (Phi) is 5.01. The molecule has 2 fully saturated rings. The number of rotatable bonds is 3. The molecule has 2 rings (SSSR count). The van der Waals surface area contributed by atoms with Crippen LogP contribution in [0.2, 0.25) is 0 Å². The Morgan fingerprint density at radius 1 is 0.944 bits per heavy atom. The number of likely N-dealkylation sites (tertiary alicyclic amines) is 1. The van der Waals surface area contributed by atoms with E-state index in [1.165, 1.54) is 39.0 Å². The van der Waals surface area contributed by atoms with Gasteiger partial charge in [-0.05, 0) is 31.8 Å². The fourth-order valence-electron chi connectivity index (χ4n) is 2.85. The second kappa shape index (κ2) is 6.53. The quantitative estimate of drug-likeness (QED) is 0.747. The Morgan fingerprint density at radius 3 is 1.94 bits per heavy atom. The van der Waals surface area contributed by atoms with E-state index < -0.39 is 0 Å². The summed E-state index contributed by atoms with van der Waals surface area (Å²) in [4.78, 5) is 18.3. The third kappa shape index (κ3) is 3.95. The molecule has 0 bridgehead atoms. The molecule has 1 amide bonds. The van der Waals surface area contributed by atoms with Crippen LogP contribution >= 0.6 is 0 Å². The number of piperidine rings is 1. The van der Waals surface area contributed by atoms with E-state index in [2.05, 4.69) is 16.7 Å². The van der Waals surface area contributed by atoms with Crippen molar-refractivity contribution in [2.45, 2.75) is 26.7 Å². The molecule has 0 saturated carbocycles. The molecular weight excluding hydrogens is 226 g/mol. The van der Waals surface area contributed by atoms with E-state index >= 15 is 0 Å². The van der Waals surface area contributed by atoms with Crippen LogP contribution in [0.5, 0.6) is 0 Å². The van der Waals surface area contributed by atoms with Crippen molar-refractivity contribution < 1.29 is 4.79 Å². The molecule has 0 aliphatic carbocycles. The minimum atomic E-state index is 0.222. The van der Waals surface area contributed by atoms with Gasteiger partial charge in [-0.1, -0.05) is 6.92 Å². The number of hydrogen-bond donors (Lipinski definition) is 0. The minimum absolute atomic E-state index is 0.222. The molecule has 2 aliphatic rings. The van der Waals surface area contributed by atoms with Gasteiger partial charge in [0, 0.05) is 46.2 Å². The summed E-state index contributed by atoms with van der Waals surface area (Å²) in [6.45, 7) is 12.9. The molecule has 0 aromatic heterocycles. The van der Waals surface area contributed by atoms with Gasteiger partial charge < -0.3 is 9.80 Å². The summed E-state index contributed by atoms with van der Waals surface area (Å²) in [6, 6.07) is 0. The molecule has 2 heterocycles. The van der Waals surface area contributed by atoms with Crippen LogP contribution in [0.25, 0.3) is 0 Å². The van der Waals surface area contributed by atoms with E-state index in [0.29, 0.717) is 0 Å². The maximum absolute atomic E-state index is 11.2. The summed E-state index contributed by atoms with van der Waals surface area (Å²) >= 11 is 0. The van der Waals surface area contributed by atoms with E-state index in [1.807, 2.05) is 4.90 Å². The van der Waals surface area contributed by atoms with Crippen molar-refractivity contribution >= 4 is 5.91 Å². The molecule has 4 heteroatoms. The van der Waals surface area contributed by atoms with Crippen molar-refractivity contribution in [1.82, 2.24) is 14.7 Å². The monoisotopic (exact) mass is 253 g/mol. The number of amides is 1. The van der Waals surface area contributed by atoms with Crippen molar-refractivity contribution in [2.24, 2.45) is 5.92 Å². The van der Waals surface area contributed by atoms with Crippen LogP contribution in [-0.4, -0.2) is 73.0 Å². The fraction of sp³-hybridized carbons (Fsp3) is 0.929. The van der Waals surface area contributed by atoms with E-state index in [9.17, 15) is 4.79 Å². The second-order valence-corrected chi connectivity index (χ2v) is 5.87. The van der Waals surface area contributed by atoms with E-state index in [0.717, 1.165) is 32.1 Å². The van der Waals surface area contributed by atoms with Gasteiger partial charge in [-0.25, -0.2) is 0 Å². The first kappa shape index (κ1) is 13.8. The van der Waals surface area contributed by atoms with Crippen LogP contribution in [0.3, 0.4) is 0 Å². The number of carbonyl (C=O) groups is 1. The third-order valence-corrected chi connectivity index (χ3v) is 4.43. The van der Waals surface area contributed by atoms with Gasteiger partial charge in [0.25, 0.3) is 0 Å². The molecule has 0 spiro atoms. The van der Waals surface area contributed by atoms with Gasteiger partial charge in [-0.2, -0.15) is 0 Å². The lowest BCUT2D eigenvalue weighted by Crippen LogP contribution is -2.50. The fourth-order valence-corrected chi connectivity index (χ4v) is 2.85. The molecule has 0 aromatic carbocycles. The summed E-state index contributed by atoms with van der Waals surface area (Å²) in [7, 11) is 0. The van der Waals surface area contributed by atoms with E-state index in [-0.39, 0.29) is 5.91 Å². The lowest BCUT2D eigenvalue weighted by Gasteiger charge is -2.36. The average molecular weight is 253 g/mol. The molecule has 0 unspecified atom stereocenters.